The summed E-state index contributed by atoms with van der Waals surface area (Å²) in [5.41, 5.74) is -0.344. The second kappa shape index (κ2) is 9.59. The van der Waals surface area contributed by atoms with Crippen LogP contribution in [0, 0.1) is 11.6 Å². The van der Waals surface area contributed by atoms with Gasteiger partial charge in [0.05, 0.1) is 27.2 Å². The number of halogens is 4. The van der Waals surface area contributed by atoms with Crippen molar-refractivity contribution in [3.63, 3.8) is 0 Å². The first-order valence-electron chi connectivity index (χ1n) is 6.64. The molecule has 0 unspecified atom stereocenters. The van der Waals surface area contributed by atoms with Crippen molar-refractivity contribution in [2.75, 3.05) is 14.2 Å². The Labute approximate surface area is 159 Å². The lowest BCUT2D eigenvalue weighted by molar-refractivity contribution is -0.0759. The SMILES string of the molecule is CON(C)C(=O)c1cccc(Br)c1F.O=C(O)c1cccc(Br)c1F. The molecule has 9 heteroatoms. The van der Waals surface area contributed by atoms with Crippen LogP contribution in [0.4, 0.5) is 8.78 Å². The van der Waals surface area contributed by atoms with E-state index in [2.05, 4.69) is 36.7 Å². The molecule has 134 valence electrons. The van der Waals surface area contributed by atoms with Gasteiger partial charge in [0.2, 0.25) is 0 Å². The number of carbonyl (C=O) groups excluding carboxylic acids is 1. The number of carbonyl (C=O) groups is 2. The highest BCUT2D eigenvalue weighted by Gasteiger charge is 2.17. The van der Waals surface area contributed by atoms with Crippen LogP contribution in [0.3, 0.4) is 0 Å². The lowest BCUT2D eigenvalue weighted by Crippen LogP contribution is -2.26. The van der Waals surface area contributed by atoms with E-state index in [-0.39, 0.29) is 20.1 Å². The Morgan fingerprint density at radius 2 is 1.44 bits per heavy atom. The van der Waals surface area contributed by atoms with E-state index in [0.717, 1.165) is 5.06 Å². The van der Waals surface area contributed by atoms with Crippen LogP contribution >= 0.6 is 31.9 Å². The molecule has 0 fully saturated rings. The maximum absolute atomic E-state index is 13.4. The molecule has 0 atom stereocenters. The summed E-state index contributed by atoms with van der Waals surface area (Å²) in [4.78, 5) is 26.5. The lowest BCUT2D eigenvalue weighted by Gasteiger charge is -2.14. The zero-order valence-electron chi connectivity index (χ0n) is 13.1. The molecule has 2 rings (SSSR count). The van der Waals surface area contributed by atoms with E-state index in [1.165, 1.54) is 44.5 Å². The molecule has 0 aliphatic rings. The first-order valence-corrected chi connectivity index (χ1v) is 8.22. The summed E-state index contributed by atoms with van der Waals surface area (Å²) in [6.07, 6.45) is 0. The fourth-order valence-corrected chi connectivity index (χ4v) is 2.32. The van der Waals surface area contributed by atoms with Crippen molar-refractivity contribution in [1.29, 1.82) is 0 Å². The van der Waals surface area contributed by atoms with Gasteiger partial charge in [-0.2, -0.15) is 0 Å². The molecule has 0 radical (unpaired) electrons. The minimum atomic E-state index is -1.26. The van der Waals surface area contributed by atoms with E-state index in [1.54, 1.807) is 6.07 Å². The number of aromatic carboxylic acids is 1. The Kier molecular flexibility index (Phi) is 8.14. The molecular formula is C16H13Br2F2NO4. The smallest absolute Gasteiger partial charge is 0.338 e. The number of carboxylic acid groups (broad SMARTS) is 1. The second-order valence-corrected chi connectivity index (χ2v) is 6.20. The number of hydrogen-bond donors (Lipinski definition) is 1. The van der Waals surface area contributed by atoms with Crippen molar-refractivity contribution >= 4 is 43.7 Å². The van der Waals surface area contributed by atoms with Gasteiger partial charge in [-0.05, 0) is 56.1 Å². The summed E-state index contributed by atoms with van der Waals surface area (Å²) in [6, 6.07) is 8.64. The largest absolute Gasteiger partial charge is 0.478 e. The number of rotatable bonds is 3. The van der Waals surface area contributed by atoms with Crippen LogP contribution in [0.1, 0.15) is 20.7 Å². The first-order chi connectivity index (χ1) is 11.7. The lowest BCUT2D eigenvalue weighted by atomic mass is 10.2. The first kappa shape index (κ1) is 21.2. The van der Waals surface area contributed by atoms with Crippen molar-refractivity contribution in [3.05, 3.63) is 68.1 Å². The molecule has 0 aromatic heterocycles. The summed E-state index contributed by atoms with van der Waals surface area (Å²) in [6.45, 7) is 0. The van der Waals surface area contributed by atoms with Crippen molar-refractivity contribution in [2.24, 2.45) is 0 Å². The quantitative estimate of drug-likeness (QED) is 0.656. The molecule has 1 N–H and O–H groups in total. The maximum Gasteiger partial charge on any atom is 0.338 e. The van der Waals surface area contributed by atoms with E-state index < -0.39 is 23.5 Å². The normalized spacial score (nSPS) is 9.84. The highest BCUT2D eigenvalue weighted by atomic mass is 79.9. The van der Waals surface area contributed by atoms with E-state index in [4.69, 9.17) is 5.11 Å². The molecule has 0 saturated heterocycles. The molecule has 0 heterocycles. The molecule has 2 aromatic carbocycles. The van der Waals surface area contributed by atoms with Gasteiger partial charge in [-0.3, -0.25) is 9.63 Å². The molecule has 25 heavy (non-hydrogen) atoms. The molecular weight excluding hydrogens is 468 g/mol. The highest BCUT2D eigenvalue weighted by Crippen LogP contribution is 2.19. The van der Waals surface area contributed by atoms with Gasteiger partial charge in [-0.15, -0.1) is 0 Å². The molecule has 0 aliphatic carbocycles. The Morgan fingerprint density at radius 3 is 1.84 bits per heavy atom. The fraction of sp³-hybridized carbons (Fsp3) is 0.125. The molecule has 0 aliphatic heterocycles. The van der Waals surface area contributed by atoms with Crippen LogP contribution in [0.5, 0.6) is 0 Å². The minimum Gasteiger partial charge on any atom is -0.478 e. The molecule has 1 amide bonds. The van der Waals surface area contributed by atoms with E-state index in [1.807, 2.05) is 0 Å². The van der Waals surface area contributed by atoms with Gasteiger partial charge >= 0.3 is 5.97 Å². The van der Waals surface area contributed by atoms with Gasteiger partial charge in [-0.25, -0.2) is 18.6 Å². The minimum absolute atomic E-state index is 0.0243. The van der Waals surface area contributed by atoms with Crippen molar-refractivity contribution in [1.82, 2.24) is 5.06 Å². The molecule has 2 aromatic rings. The highest BCUT2D eigenvalue weighted by molar-refractivity contribution is 9.10. The van der Waals surface area contributed by atoms with Gasteiger partial charge in [-0.1, -0.05) is 12.1 Å². The van der Waals surface area contributed by atoms with E-state index in [0.29, 0.717) is 0 Å². The van der Waals surface area contributed by atoms with Gasteiger partial charge in [0.15, 0.2) is 5.82 Å². The Morgan fingerprint density at radius 1 is 1.00 bits per heavy atom. The van der Waals surface area contributed by atoms with E-state index >= 15 is 0 Å². The standard InChI is InChI=1S/C9H9BrFNO2.C7H4BrFO2/c1-12(14-2)9(13)6-4-3-5-7(10)8(6)11;8-5-3-1-2-4(6(5)9)7(10)11/h3-5H,1-2H3;1-3H,(H,10,11). The summed E-state index contributed by atoms with van der Waals surface area (Å²) in [7, 11) is 2.76. The zero-order chi connectivity index (χ0) is 19.1. The molecule has 0 spiro atoms. The monoisotopic (exact) mass is 479 g/mol. The van der Waals surface area contributed by atoms with Gasteiger partial charge < -0.3 is 5.11 Å². The number of amides is 1. The summed E-state index contributed by atoms with van der Waals surface area (Å²) in [5, 5.41) is 9.39. The number of benzene rings is 2. The van der Waals surface area contributed by atoms with Gasteiger partial charge in [0.1, 0.15) is 5.82 Å². The third kappa shape index (κ3) is 5.58. The van der Waals surface area contributed by atoms with Crippen molar-refractivity contribution in [2.45, 2.75) is 0 Å². The number of hydroxylamine groups is 2. The topological polar surface area (TPSA) is 66.8 Å². The van der Waals surface area contributed by atoms with E-state index in [9.17, 15) is 18.4 Å². The maximum atomic E-state index is 13.4. The van der Waals surface area contributed by atoms with Crippen molar-refractivity contribution in [3.8, 4) is 0 Å². The molecule has 0 bridgehead atoms. The fourth-order valence-electron chi connectivity index (χ4n) is 1.59. The summed E-state index contributed by atoms with van der Waals surface area (Å²) < 4.78 is 26.6. The van der Waals surface area contributed by atoms with Crippen LogP contribution in [0.15, 0.2) is 45.3 Å². The molecule has 0 saturated carbocycles. The van der Waals surface area contributed by atoms with Gasteiger partial charge in [0, 0.05) is 7.05 Å². The Hall–Kier alpha value is -1.84. The third-order valence-corrected chi connectivity index (χ3v) is 4.15. The average molecular weight is 481 g/mol. The van der Waals surface area contributed by atoms with Gasteiger partial charge in [0.25, 0.3) is 5.91 Å². The Bertz CT molecular complexity index is 787. The van der Waals surface area contributed by atoms with Crippen molar-refractivity contribution < 1.29 is 28.3 Å². The number of nitrogens with zero attached hydrogens (tertiary/aromatic N) is 1. The van der Waals surface area contributed by atoms with Crippen LogP contribution in [0.2, 0.25) is 0 Å². The zero-order valence-corrected chi connectivity index (χ0v) is 16.3. The van der Waals surface area contributed by atoms with Crippen LogP contribution in [0.25, 0.3) is 0 Å². The van der Waals surface area contributed by atoms with Crippen LogP contribution < -0.4 is 0 Å². The predicted octanol–water partition coefficient (Wildman–Crippen LogP) is 4.51. The number of carboxylic acids is 1. The summed E-state index contributed by atoms with van der Waals surface area (Å²) >= 11 is 5.87. The van der Waals surface area contributed by atoms with Crippen LogP contribution in [-0.2, 0) is 4.84 Å². The molecule has 5 nitrogen and oxygen atoms in total. The predicted molar refractivity (Wildman–Crippen MR) is 94.3 cm³/mol. The Balaban J connectivity index is 0.000000257. The average Bonchev–Trinajstić information content (AvgIpc) is 2.58. The third-order valence-electron chi connectivity index (χ3n) is 2.92. The second-order valence-electron chi connectivity index (χ2n) is 4.49. The van der Waals surface area contributed by atoms with Crippen LogP contribution in [-0.4, -0.2) is 36.2 Å². The summed E-state index contributed by atoms with van der Waals surface area (Å²) in [5.74, 6) is -3.10. The number of hydrogen-bond acceptors (Lipinski definition) is 3.